The smallest absolute Gasteiger partial charge is 0.387 e. The Labute approximate surface area is 134 Å². The van der Waals surface area contributed by atoms with Crippen molar-refractivity contribution in [3.63, 3.8) is 0 Å². The standard InChI is InChI=1S/C15H19F2NO4S/c1-10(9-23(2,20)21)18(12-5-6-12)14(19)11-3-7-13(8-4-11)22-15(16)17/h3-4,7-8,10,12,15H,5-6,9H2,1-2H3. The third-order valence-corrected chi connectivity index (χ3v) is 4.61. The summed E-state index contributed by atoms with van der Waals surface area (Å²) >= 11 is 0. The van der Waals surface area contributed by atoms with E-state index in [0.29, 0.717) is 5.56 Å². The summed E-state index contributed by atoms with van der Waals surface area (Å²) in [6.07, 6.45) is 2.81. The van der Waals surface area contributed by atoms with Gasteiger partial charge in [0.05, 0.1) is 5.75 Å². The number of rotatable bonds is 7. The molecule has 1 aromatic carbocycles. The molecule has 128 valence electrons. The van der Waals surface area contributed by atoms with E-state index in [1.807, 2.05) is 0 Å². The van der Waals surface area contributed by atoms with E-state index in [9.17, 15) is 22.0 Å². The minimum atomic E-state index is -3.21. The number of amides is 1. The summed E-state index contributed by atoms with van der Waals surface area (Å²) in [5.41, 5.74) is 0.318. The van der Waals surface area contributed by atoms with Crippen LogP contribution >= 0.6 is 0 Å². The fraction of sp³-hybridized carbons (Fsp3) is 0.533. The third-order valence-electron chi connectivity index (χ3n) is 3.52. The van der Waals surface area contributed by atoms with Gasteiger partial charge in [-0.1, -0.05) is 0 Å². The van der Waals surface area contributed by atoms with E-state index in [2.05, 4.69) is 4.74 Å². The summed E-state index contributed by atoms with van der Waals surface area (Å²) in [6, 6.07) is 5.00. The maximum atomic E-state index is 12.6. The molecule has 1 fully saturated rings. The molecule has 8 heteroatoms. The van der Waals surface area contributed by atoms with Crippen molar-refractivity contribution in [2.75, 3.05) is 12.0 Å². The van der Waals surface area contributed by atoms with Crippen molar-refractivity contribution in [3.05, 3.63) is 29.8 Å². The highest BCUT2D eigenvalue weighted by molar-refractivity contribution is 7.90. The zero-order valence-electron chi connectivity index (χ0n) is 12.9. The van der Waals surface area contributed by atoms with Crippen molar-refractivity contribution >= 4 is 15.7 Å². The van der Waals surface area contributed by atoms with Gasteiger partial charge in [-0.2, -0.15) is 8.78 Å². The number of hydrogen-bond acceptors (Lipinski definition) is 4. The predicted molar refractivity (Wildman–Crippen MR) is 81.4 cm³/mol. The first-order chi connectivity index (χ1) is 10.7. The van der Waals surface area contributed by atoms with Gasteiger partial charge in [-0.3, -0.25) is 4.79 Å². The molecule has 1 aliphatic carbocycles. The second-order valence-corrected chi connectivity index (χ2v) is 7.97. The topological polar surface area (TPSA) is 63.7 Å². The lowest BCUT2D eigenvalue weighted by atomic mass is 10.1. The Morgan fingerprint density at radius 2 is 1.87 bits per heavy atom. The first-order valence-corrected chi connectivity index (χ1v) is 9.28. The second kappa shape index (κ2) is 6.82. The van der Waals surface area contributed by atoms with Crippen LogP contribution in [0.15, 0.2) is 24.3 Å². The maximum absolute atomic E-state index is 12.6. The lowest BCUT2D eigenvalue weighted by molar-refractivity contribution is -0.0498. The van der Waals surface area contributed by atoms with Gasteiger partial charge in [-0.15, -0.1) is 0 Å². The molecule has 0 aliphatic heterocycles. The molecule has 1 atom stereocenters. The highest BCUT2D eigenvalue weighted by Crippen LogP contribution is 2.31. The van der Waals surface area contributed by atoms with Crippen LogP contribution in [-0.4, -0.2) is 49.9 Å². The van der Waals surface area contributed by atoms with E-state index < -0.39 is 22.5 Å². The maximum Gasteiger partial charge on any atom is 0.387 e. The zero-order valence-corrected chi connectivity index (χ0v) is 13.7. The molecular formula is C15H19F2NO4S. The molecule has 0 N–H and O–H groups in total. The first-order valence-electron chi connectivity index (χ1n) is 7.22. The Bertz CT molecular complexity index is 657. The average Bonchev–Trinajstić information content (AvgIpc) is 3.21. The molecule has 1 amide bonds. The summed E-state index contributed by atoms with van der Waals surface area (Å²) in [5.74, 6) is -0.437. The Hall–Kier alpha value is -1.70. The highest BCUT2D eigenvalue weighted by Gasteiger charge is 2.37. The molecule has 1 aromatic rings. The van der Waals surface area contributed by atoms with E-state index in [1.165, 1.54) is 24.3 Å². The van der Waals surface area contributed by atoms with Crippen LogP contribution in [0.5, 0.6) is 5.75 Å². The summed E-state index contributed by atoms with van der Waals surface area (Å²) < 4.78 is 51.4. The molecule has 0 spiro atoms. The van der Waals surface area contributed by atoms with Crippen molar-refractivity contribution in [1.29, 1.82) is 0 Å². The number of alkyl halides is 2. The Balaban J connectivity index is 2.14. The van der Waals surface area contributed by atoms with Gasteiger partial charge in [-0.05, 0) is 44.0 Å². The number of hydrogen-bond donors (Lipinski definition) is 0. The minimum absolute atomic E-state index is 0.0290. The average molecular weight is 347 g/mol. The van der Waals surface area contributed by atoms with E-state index in [4.69, 9.17) is 0 Å². The van der Waals surface area contributed by atoms with Crippen molar-refractivity contribution in [1.82, 2.24) is 4.90 Å². The quantitative estimate of drug-likeness (QED) is 0.759. The van der Waals surface area contributed by atoms with Crippen molar-refractivity contribution < 1.29 is 26.7 Å². The number of ether oxygens (including phenoxy) is 1. The fourth-order valence-electron chi connectivity index (χ4n) is 2.53. The van der Waals surface area contributed by atoms with Crippen LogP contribution in [0.2, 0.25) is 0 Å². The van der Waals surface area contributed by atoms with Crippen LogP contribution in [0.3, 0.4) is 0 Å². The number of sulfone groups is 1. The third kappa shape index (κ3) is 5.16. The van der Waals surface area contributed by atoms with Gasteiger partial charge in [0.25, 0.3) is 5.91 Å². The second-order valence-electron chi connectivity index (χ2n) is 5.79. The molecule has 1 unspecified atom stereocenters. The molecule has 0 saturated heterocycles. The number of carbonyl (C=O) groups excluding carboxylic acids is 1. The molecule has 2 rings (SSSR count). The van der Waals surface area contributed by atoms with Gasteiger partial charge >= 0.3 is 6.61 Å². The largest absolute Gasteiger partial charge is 0.435 e. The summed E-state index contributed by atoms with van der Waals surface area (Å²) in [6.45, 7) is -1.22. The predicted octanol–water partition coefficient (Wildman–Crippen LogP) is 2.33. The van der Waals surface area contributed by atoms with Crippen LogP contribution in [0.4, 0.5) is 8.78 Å². The van der Waals surface area contributed by atoms with Crippen molar-refractivity contribution in [2.45, 2.75) is 38.5 Å². The number of halogens is 2. The van der Waals surface area contributed by atoms with Gasteiger partial charge in [0.15, 0.2) is 0 Å². The van der Waals surface area contributed by atoms with E-state index in [1.54, 1.807) is 11.8 Å². The molecule has 1 aliphatic rings. The normalized spacial score (nSPS) is 16.2. The number of benzene rings is 1. The summed E-state index contributed by atoms with van der Waals surface area (Å²) in [7, 11) is -3.21. The van der Waals surface area contributed by atoms with Gasteiger partial charge < -0.3 is 9.64 Å². The summed E-state index contributed by atoms with van der Waals surface area (Å²) in [5, 5.41) is 0. The molecule has 1 saturated carbocycles. The molecule has 0 bridgehead atoms. The lowest BCUT2D eigenvalue weighted by Crippen LogP contribution is -2.43. The van der Waals surface area contributed by atoms with Crippen LogP contribution < -0.4 is 4.74 Å². The first kappa shape index (κ1) is 17.7. The summed E-state index contributed by atoms with van der Waals surface area (Å²) in [4.78, 5) is 14.2. The monoisotopic (exact) mass is 347 g/mol. The van der Waals surface area contributed by atoms with Gasteiger partial charge in [-0.25, -0.2) is 8.42 Å². The Kier molecular flexibility index (Phi) is 5.23. The van der Waals surface area contributed by atoms with E-state index >= 15 is 0 Å². The van der Waals surface area contributed by atoms with Crippen LogP contribution in [0, 0.1) is 0 Å². The van der Waals surface area contributed by atoms with Crippen molar-refractivity contribution in [2.24, 2.45) is 0 Å². The van der Waals surface area contributed by atoms with E-state index in [-0.39, 0.29) is 23.5 Å². The molecule has 0 heterocycles. The highest BCUT2D eigenvalue weighted by atomic mass is 32.2. The Morgan fingerprint density at radius 3 is 2.30 bits per heavy atom. The lowest BCUT2D eigenvalue weighted by Gasteiger charge is -2.29. The molecule has 0 radical (unpaired) electrons. The van der Waals surface area contributed by atoms with E-state index in [0.717, 1.165) is 19.1 Å². The van der Waals surface area contributed by atoms with Gasteiger partial charge in [0.2, 0.25) is 0 Å². The zero-order chi connectivity index (χ0) is 17.2. The molecule has 0 aromatic heterocycles. The number of carbonyl (C=O) groups is 1. The minimum Gasteiger partial charge on any atom is -0.435 e. The fourth-order valence-corrected chi connectivity index (χ4v) is 3.56. The van der Waals surface area contributed by atoms with Crippen LogP contribution in [-0.2, 0) is 9.84 Å². The van der Waals surface area contributed by atoms with Gasteiger partial charge in [0.1, 0.15) is 15.6 Å². The molecule has 5 nitrogen and oxygen atoms in total. The SMILES string of the molecule is CC(CS(C)(=O)=O)N(C(=O)c1ccc(OC(F)F)cc1)C1CC1. The molecular weight excluding hydrogens is 328 g/mol. The Morgan fingerprint density at radius 1 is 1.30 bits per heavy atom. The van der Waals surface area contributed by atoms with Crippen molar-refractivity contribution in [3.8, 4) is 5.75 Å². The van der Waals surface area contributed by atoms with Gasteiger partial charge in [0, 0.05) is 23.9 Å². The number of nitrogens with zero attached hydrogens (tertiary/aromatic N) is 1. The molecule has 23 heavy (non-hydrogen) atoms. The van der Waals surface area contributed by atoms with Crippen LogP contribution in [0.1, 0.15) is 30.1 Å². The van der Waals surface area contributed by atoms with Crippen LogP contribution in [0.25, 0.3) is 0 Å².